The number of hydrogen-bond acceptors (Lipinski definition) is 3. The number of methoxy groups -OCH3 is 1. The van der Waals surface area contributed by atoms with Gasteiger partial charge in [0.05, 0.1) is 12.7 Å². The first-order chi connectivity index (χ1) is 4.95. The van der Waals surface area contributed by atoms with E-state index in [1.807, 2.05) is 0 Å². The van der Waals surface area contributed by atoms with Crippen LogP contribution in [0.15, 0.2) is 0 Å². The van der Waals surface area contributed by atoms with Crippen LogP contribution in [0.2, 0.25) is 0 Å². The topological polar surface area (TPSA) is 76.0 Å². The van der Waals surface area contributed by atoms with E-state index < -0.39 is 13.9 Å². The van der Waals surface area contributed by atoms with Gasteiger partial charge >= 0.3 is 7.60 Å². The summed E-state index contributed by atoms with van der Waals surface area (Å²) in [4.78, 5) is 16.8. The normalized spacial score (nSPS) is 14.9. The standard InChI is InChI=1S/C5H13O5P/c1-5(3-9-2)10-4-11(6,7)8/h5H,3-4H2,1-2H3,(H2,6,7,8). The summed E-state index contributed by atoms with van der Waals surface area (Å²) < 4.78 is 19.7. The van der Waals surface area contributed by atoms with Crippen molar-refractivity contribution >= 4 is 7.60 Å². The predicted octanol–water partition coefficient (Wildman–Crippen LogP) is 0.173. The molecule has 0 aromatic rings. The van der Waals surface area contributed by atoms with Crippen molar-refractivity contribution in [2.75, 3.05) is 20.1 Å². The Balaban J connectivity index is 3.46. The molecular weight excluding hydrogens is 171 g/mol. The van der Waals surface area contributed by atoms with Crippen LogP contribution >= 0.6 is 7.60 Å². The molecule has 0 saturated carbocycles. The zero-order valence-corrected chi connectivity index (χ0v) is 7.45. The van der Waals surface area contributed by atoms with Gasteiger partial charge in [0.2, 0.25) is 0 Å². The number of ether oxygens (including phenoxy) is 2. The minimum atomic E-state index is -4.02. The fraction of sp³-hybridized carbons (Fsp3) is 1.00. The van der Waals surface area contributed by atoms with E-state index in [2.05, 4.69) is 0 Å². The second kappa shape index (κ2) is 4.85. The van der Waals surface area contributed by atoms with E-state index in [1.165, 1.54) is 7.11 Å². The molecule has 68 valence electrons. The van der Waals surface area contributed by atoms with Gasteiger partial charge in [-0.1, -0.05) is 0 Å². The molecule has 0 aliphatic carbocycles. The molecule has 0 aliphatic heterocycles. The molecule has 0 aromatic carbocycles. The molecule has 0 heterocycles. The monoisotopic (exact) mass is 184 g/mol. The second-order valence-electron chi connectivity index (χ2n) is 2.23. The smallest absolute Gasteiger partial charge is 0.350 e. The lowest BCUT2D eigenvalue weighted by Gasteiger charge is -2.11. The summed E-state index contributed by atoms with van der Waals surface area (Å²) in [6.07, 6.45) is -0.829. The van der Waals surface area contributed by atoms with Crippen LogP contribution in [0.25, 0.3) is 0 Å². The van der Waals surface area contributed by atoms with Gasteiger partial charge in [0.25, 0.3) is 0 Å². The average Bonchev–Trinajstić information content (AvgIpc) is 1.83. The summed E-state index contributed by atoms with van der Waals surface area (Å²) in [5.41, 5.74) is 0. The van der Waals surface area contributed by atoms with Crippen molar-refractivity contribution in [2.45, 2.75) is 13.0 Å². The highest BCUT2D eigenvalue weighted by molar-refractivity contribution is 7.51. The van der Waals surface area contributed by atoms with Crippen LogP contribution in [-0.2, 0) is 14.0 Å². The zero-order valence-electron chi connectivity index (χ0n) is 6.56. The maximum Gasteiger partial charge on any atom is 0.350 e. The van der Waals surface area contributed by atoms with E-state index in [1.54, 1.807) is 6.92 Å². The van der Waals surface area contributed by atoms with Crippen LogP contribution in [0.5, 0.6) is 0 Å². The third kappa shape index (κ3) is 7.97. The van der Waals surface area contributed by atoms with Crippen LogP contribution in [0.3, 0.4) is 0 Å². The summed E-state index contributed by atoms with van der Waals surface area (Å²) in [6, 6.07) is 0. The van der Waals surface area contributed by atoms with Crippen molar-refractivity contribution in [3.8, 4) is 0 Å². The maximum atomic E-state index is 10.3. The first kappa shape index (κ1) is 11.1. The Bertz CT molecular complexity index is 142. The van der Waals surface area contributed by atoms with Crippen LogP contribution < -0.4 is 0 Å². The fourth-order valence-electron chi connectivity index (χ4n) is 0.507. The Hall–Kier alpha value is 0.0700. The Labute approximate surface area is 65.5 Å². The van der Waals surface area contributed by atoms with Crippen molar-refractivity contribution in [3.05, 3.63) is 0 Å². The lowest BCUT2D eigenvalue weighted by atomic mass is 10.4. The molecule has 0 rings (SSSR count). The molecular formula is C5H13O5P. The average molecular weight is 184 g/mol. The van der Waals surface area contributed by atoms with Crippen molar-refractivity contribution in [2.24, 2.45) is 0 Å². The number of rotatable bonds is 5. The zero-order chi connectivity index (χ0) is 8.91. The SMILES string of the molecule is COCC(C)OCP(=O)(O)O. The van der Waals surface area contributed by atoms with Crippen LogP contribution in [0.4, 0.5) is 0 Å². The van der Waals surface area contributed by atoms with Gasteiger partial charge in [-0.25, -0.2) is 0 Å². The Morgan fingerprint density at radius 3 is 2.45 bits per heavy atom. The van der Waals surface area contributed by atoms with Crippen LogP contribution in [0.1, 0.15) is 6.92 Å². The Morgan fingerprint density at radius 1 is 1.55 bits per heavy atom. The molecule has 0 radical (unpaired) electrons. The molecule has 0 bridgehead atoms. The molecule has 0 amide bonds. The predicted molar refractivity (Wildman–Crippen MR) is 39.3 cm³/mol. The first-order valence-corrected chi connectivity index (χ1v) is 4.90. The molecule has 1 unspecified atom stereocenters. The lowest BCUT2D eigenvalue weighted by Crippen LogP contribution is -2.15. The minimum Gasteiger partial charge on any atom is -0.382 e. The third-order valence-corrected chi connectivity index (χ3v) is 1.41. The molecule has 0 saturated heterocycles. The van der Waals surface area contributed by atoms with E-state index in [0.717, 1.165) is 0 Å². The Morgan fingerprint density at radius 2 is 2.09 bits per heavy atom. The summed E-state index contributed by atoms with van der Waals surface area (Å²) in [6.45, 7) is 2.01. The highest BCUT2D eigenvalue weighted by Crippen LogP contribution is 2.34. The molecule has 0 fully saturated rings. The maximum absolute atomic E-state index is 10.3. The first-order valence-electron chi connectivity index (χ1n) is 3.11. The molecule has 0 aliphatic rings. The fourth-order valence-corrected chi connectivity index (χ4v) is 0.956. The Kier molecular flexibility index (Phi) is 4.88. The minimum absolute atomic E-state index is 0.285. The van der Waals surface area contributed by atoms with E-state index in [0.29, 0.717) is 6.61 Å². The molecule has 6 heteroatoms. The van der Waals surface area contributed by atoms with E-state index in [4.69, 9.17) is 19.3 Å². The second-order valence-corrected chi connectivity index (χ2v) is 3.81. The summed E-state index contributed by atoms with van der Waals surface area (Å²) in [7, 11) is -2.52. The van der Waals surface area contributed by atoms with E-state index >= 15 is 0 Å². The molecule has 1 atom stereocenters. The van der Waals surface area contributed by atoms with Gasteiger partial charge in [-0.2, -0.15) is 0 Å². The van der Waals surface area contributed by atoms with Gasteiger partial charge in [-0.3, -0.25) is 4.57 Å². The molecule has 11 heavy (non-hydrogen) atoms. The highest BCUT2D eigenvalue weighted by Gasteiger charge is 2.14. The largest absolute Gasteiger partial charge is 0.382 e. The van der Waals surface area contributed by atoms with Gasteiger partial charge in [0, 0.05) is 7.11 Å². The molecule has 0 spiro atoms. The third-order valence-electron chi connectivity index (χ3n) is 0.929. The molecule has 0 aromatic heterocycles. The summed E-state index contributed by atoms with van der Waals surface area (Å²) in [5, 5.41) is 0. The lowest BCUT2D eigenvalue weighted by molar-refractivity contribution is 0.0244. The van der Waals surface area contributed by atoms with Crippen molar-refractivity contribution in [3.63, 3.8) is 0 Å². The van der Waals surface area contributed by atoms with Crippen LogP contribution in [0, 0.1) is 0 Å². The quantitative estimate of drug-likeness (QED) is 0.596. The van der Waals surface area contributed by atoms with E-state index in [-0.39, 0.29) is 6.10 Å². The van der Waals surface area contributed by atoms with Crippen molar-refractivity contribution in [1.29, 1.82) is 0 Å². The van der Waals surface area contributed by atoms with Gasteiger partial charge in [0.15, 0.2) is 0 Å². The van der Waals surface area contributed by atoms with E-state index in [9.17, 15) is 4.57 Å². The summed E-state index contributed by atoms with van der Waals surface area (Å²) >= 11 is 0. The number of hydrogen-bond donors (Lipinski definition) is 2. The molecule has 2 N–H and O–H groups in total. The van der Waals surface area contributed by atoms with Crippen molar-refractivity contribution < 1.29 is 23.8 Å². The van der Waals surface area contributed by atoms with Crippen molar-refractivity contribution in [1.82, 2.24) is 0 Å². The molecule has 5 nitrogen and oxygen atoms in total. The summed E-state index contributed by atoms with van der Waals surface area (Å²) in [5.74, 6) is 0. The van der Waals surface area contributed by atoms with Gasteiger partial charge in [-0.15, -0.1) is 0 Å². The van der Waals surface area contributed by atoms with Gasteiger partial charge < -0.3 is 19.3 Å². The van der Waals surface area contributed by atoms with Crippen LogP contribution in [-0.4, -0.2) is 36.0 Å². The highest BCUT2D eigenvalue weighted by atomic mass is 31.2. The van der Waals surface area contributed by atoms with Gasteiger partial charge in [-0.05, 0) is 6.92 Å². The van der Waals surface area contributed by atoms with Gasteiger partial charge in [0.1, 0.15) is 6.35 Å².